The molecule has 3 aliphatic rings. The molecule has 0 amide bonds. The smallest absolute Gasteiger partial charge is 0.0124 e. The highest BCUT2D eigenvalue weighted by Gasteiger charge is 2.33. The first-order valence-corrected chi connectivity index (χ1v) is 7.38. The fraction of sp³-hybridized carbons (Fsp3) is 1.00. The minimum atomic E-state index is 0.968. The lowest BCUT2D eigenvalue weighted by atomic mass is 9.94. The highest BCUT2D eigenvalue weighted by molar-refractivity contribution is 4.88. The zero-order valence-electron chi connectivity index (χ0n) is 10.5. The van der Waals surface area contributed by atoms with Crippen molar-refractivity contribution >= 4 is 0 Å². The molecule has 16 heavy (non-hydrogen) atoms. The summed E-state index contributed by atoms with van der Waals surface area (Å²) >= 11 is 0. The maximum Gasteiger partial charge on any atom is 0.0124 e. The van der Waals surface area contributed by atoms with E-state index in [1.165, 1.54) is 71.1 Å². The van der Waals surface area contributed by atoms with Gasteiger partial charge in [0.15, 0.2) is 0 Å². The SMILES string of the molecule is C1CCC(C2CCCN2CCC2CNC2)C1. The van der Waals surface area contributed by atoms with Crippen molar-refractivity contribution in [2.24, 2.45) is 11.8 Å². The van der Waals surface area contributed by atoms with Crippen molar-refractivity contribution in [1.29, 1.82) is 0 Å². The van der Waals surface area contributed by atoms with Gasteiger partial charge in [0.05, 0.1) is 0 Å². The van der Waals surface area contributed by atoms with Crippen LogP contribution in [0.15, 0.2) is 0 Å². The second kappa shape index (κ2) is 5.05. The van der Waals surface area contributed by atoms with E-state index in [0.717, 1.165) is 17.9 Å². The van der Waals surface area contributed by atoms with Crippen molar-refractivity contribution in [3.05, 3.63) is 0 Å². The molecule has 0 spiro atoms. The van der Waals surface area contributed by atoms with Gasteiger partial charge in [0.1, 0.15) is 0 Å². The molecular formula is C14H26N2. The van der Waals surface area contributed by atoms with Crippen molar-refractivity contribution < 1.29 is 0 Å². The van der Waals surface area contributed by atoms with Crippen molar-refractivity contribution in [2.75, 3.05) is 26.2 Å². The Hall–Kier alpha value is -0.0800. The minimum absolute atomic E-state index is 0.968. The van der Waals surface area contributed by atoms with Gasteiger partial charge < -0.3 is 10.2 Å². The maximum atomic E-state index is 3.38. The zero-order chi connectivity index (χ0) is 10.8. The Bertz CT molecular complexity index is 219. The molecule has 0 radical (unpaired) electrons. The number of likely N-dealkylation sites (tertiary alicyclic amines) is 1. The van der Waals surface area contributed by atoms with Crippen LogP contribution in [0, 0.1) is 11.8 Å². The third kappa shape index (κ3) is 2.28. The summed E-state index contributed by atoms with van der Waals surface area (Å²) in [4.78, 5) is 2.83. The van der Waals surface area contributed by atoms with Gasteiger partial charge in [-0.15, -0.1) is 0 Å². The fourth-order valence-corrected chi connectivity index (χ4v) is 3.91. The van der Waals surface area contributed by atoms with Crippen LogP contribution < -0.4 is 5.32 Å². The van der Waals surface area contributed by atoms with Crippen LogP contribution in [0.3, 0.4) is 0 Å². The average molecular weight is 222 g/mol. The molecule has 1 unspecified atom stereocenters. The topological polar surface area (TPSA) is 15.3 Å². The summed E-state index contributed by atoms with van der Waals surface area (Å²) in [5, 5.41) is 3.38. The quantitative estimate of drug-likeness (QED) is 0.785. The van der Waals surface area contributed by atoms with Crippen LogP contribution in [0.5, 0.6) is 0 Å². The highest BCUT2D eigenvalue weighted by atomic mass is 15.2. The first-order valence-electron chi connectivity index (χ1n) is 7.38. The minimum Gasteiger partial charge on any atom is -0.316 e. The summed E-state index contributed by atoms with van der Waals surface area (Å²) in [7, 11) is 0. The van der Waals surface area contributed by atoms with Gasteiger partial charge in [-0.25, -0.2) is 0 Å². The monoisotopic (exact) mass is 222 g/mol. The van der Waals surface area contributed by atoms with E-state index in [4.69, 9.17) is 0 Å². The van der Waals surface area contributed by atoms with E-state index in [1.54, 1.807) is 0 Å². The normalized spacial score (nSPS) is 33.4. The Balaban J connectivity index is 1.48. The second-order valence-electron chi connectivity index (χ2n) is 6.10. The molecular weight excluding hydrogens is 196 g/mol. The Morgan fingerprint density at radius 3 is 2.50 bits per heavy atom. The van der Waals surface area contributed by atoms with Gasteiger partial charge >= 0.3 is 0 Å². The molecule has 1 atom stereocenters. The summed E-state index contributed by atoms with van der Waals surface area (Å²) in [6.07, 6.45) is 10.4. The second-order valence-corrected chi connectivity index (χ2v) is 6.10. The molecule has 0 aromatic carbocycles. The molecule has 2 heterocycles. The standard InChI is InChI=1S/C14H26N2/c1-2-5-13(4-1)14-6-3-8-16(14)9-7-12-10-15-11-12/h12-15H,1-11H2. The van der Waals surface area contributed by atoms with E-state index in [1.807, 2.05) is 0 Å². The summed E-state index contributed by atoms with van der Waals surface area (Å²) in [5.74, 6) is 2.05. The molecule has 1 saturated carbocycles. The van der Waals surface area contributed by atoms with Gasteiger partial charge in [0.2, 0.25) is 0 Å². The van der Waals surface area contributed by atoms with Gasteiger partial charge in [-0.1, -0.05) is 12.8 Å². The van der Waals surface area contributed by atoms with Crippen LogP contribution in [0.25, 0.3) is 0 Å². The summed E-state index contributed by atoms with van der Waals surface area (Å²) < 4.78 is 0. The molecule has 1 aliphatic carbocycles. The van der Waals surface area contributed by atoms with E-state index in [-0.39, 0.29) is 0 Å². The van der Waals surface area contributed by atoms with Crippen molar-refractivity contribution in [3.63, 3.8) is 0 Å². The molecule has 1 N–H and O–H groups in total. The summed E-state index contributed by atoms with van der Waals surface area (Å²) in [6.45, 7) is 5.33. The first-order chi connectivity index (χ1) is 7.93. The molecule has 2 nitrogen and oxygen atoms in total. The molecule has 0 aromatic rings. The van der Waals surface area contributed by atoms with Crippen molar-refractivity contribution in [3.8, 4) is 0 Å². The van der Waals surface area contributed by atoms with E-state index in [9.17, 15) is 0 Å². The molecule has 0 aromatic heterocycles. The maximum absolute atomic E-state index is 3.38. The van der Waals surface area contributed by atoms with Gasteiger partial charge in [0.25, 0.3) is 0 Å². The van der Waals surface area contributed by atoms with Crippen LogP contribution in [-0.4, -0.2) is 37.1 Å². The van der Waals surface area contributed by atoms with Crippen LogP contribution in [0.2, 0.25) is 0 Å². The van der Waals surface area contributed by atoms with Gasteiger partial charge in [-0.05, 0) is 70.1 Å². The zero-order valence-corrected chi connectivity index (χ0v) is 10.5. The van der Waals surface area contributed by atoms with Gasteiger partial charge in [0, 0.05) is 6.04 Å². The molecule has 2 saturated heterocycles. The Labute approximate surface area is 99.8 Å². The number of hydrogen-bond donors (Lipinski definition) is 1. The molecule has 2 heteroatoms. The van der Waals surface area contributed by atoms with Crippen LogP contribution in [0.1, 0.15) is 44.9 Å². The lowest BCUT2D eigenvalue weighted by Crippen LogP contribution is -2.44. The highest BCUT2D eigenvalue weighted by Crippen LogP contribution is 2.35. The van der Waals surface area contributed by atoms with E-state index < -0.39 is 0 Å². The average Bonchev–Trinajstić information content (AvgIpc) is 2.83. The number of rotatable bonds is 4. The fourth-order valence-electron chi connectivity index (χ4n) is 3.91. The lowest BCUT2D eigenvalue weighted by molar-refractivity contribution is 0.169. The van der Waals surface area contributed by atoms with Crippen molar-refractivity contribution in [1.82, 2.24) is 10.2 Å². The van der Waals surface area contributed by atoms with Crippen LogP contribution >= 0.6 is 0 Å². The van der Waals surface area contributed by atoms with E-state index >= 15 is 0 Å². The van der Waals surface area contributed by atoms with E-state index in [0.29, 0.717) is 0 Å². The number of nitrogens with one attached hydrogen (secondary N) is 1. The summed E-state index contributed by atoms with van der Waals surface area (Å²) in [6, 6.07) is 0.968. The third-order valence-electron chi connectivity index (χ3n) is 5.05. The Morgan fingerprint density at radius 2 is 1.81 bits per heavy atom. The third-order valence-corrected chi connectivity index (χ3v) is 5.05. The molecule has 3 fully saturated rings. The number of hydrogen-bond acceptors (Lipinski definition) is 2. The Kier molecular flexibility index (Phi) is 3.49. The van der Waals surface area contributed by atoms with Crippen LogP contribution in [0.4, 0.5) is 0 Å². The molecule has 92 valence electrons. The first kappa shape index (κ1) is 11.0. The molecule has 3 rings (SSSR count). The Morgan fingerprint density at radius 1 is 1.00 bits per heavy atom. The number of nitrogens with zero attached hydrogens (tertiary/aromatic N) is 1. The van der Waals surface area contributed by atoms with Gasteiger partial charge in [-0.3, -0.25) is 0 Å². The van der Waals surface area contributed by atoms with Gasteiger partial charge in [-0.2, -0.15) is 0 Å². The van der Waals surface area contributed by atoms with Crippen LogP contribution in [-0.2, 0) is 0 Å². The summed E-state index contributed by atoms with van der Waals surface area (Å²) in [5.41, 5.74) is 0. The van der Waals surface area contributed by atoms with E-state index in [2.05, 4.69) is 10.2 Å². The largest absolute Gasteiger partial charge is 0.316 e. The lowest BCUT2D eigenvalue weighted by Gasteiger charge is -2.33. The molecule has 0 bridgehead atoms. The predicted molar refractivity (Wildman–Crippen MR) is 67.5 cm³/mol. The molecule has 2 aliphatic heterocycles. The predicted octanol–water partition coefficient (Wildman–Crippen LogP) is 2.25. The van der Waals surface area contributed by atoms with Crippen molar-refractivity contribution in [2.45, 2.75) is 51.0 Å².